The van der Waals surface area contributed by atoms with Crippen LogP contribution in [0, 0.1) is 0 Å². The highest BCUT2D eigenvalue weighted by molar-refractivity contribution is 6.04. The molecule has 4 nitrogen and oxygen atoms in total. The Hall–Kier alpha value is -3.27. The molecule has 0 N–H and O–H groups in total. The van der Waals surface area contributed by atoms with Crippen LogP contribution in [0.25, 0.3) is 0 Å². The maximum atomic E-state index is 5.22. The molecule has 4 rings (SSSR count). The summed E-state index contributed by atoms with van der Waals surface area (Å²) in [5.74, 6) is 1.50. The van der Waals surface area contributed by atoms with Gasteiger partial charge in [-0.3, -0.25) is 0 Å². The normalized spacial score (nSPS) is 12.9. The first-order valence-corrected chi connectivity index (χ1v) is 7.74. The Morgan fingerprint density at radius 3 is 2.25 bits per heavy atom. The van der Waals surface area contributed by atoms with Crippen LogP contribution in [-0.4, -0.2) is 12.9 Å². The minimum atomic E-state index is 0.681. The van der Waals surface area contributed by atoms with Crippen LogP contribution in [-0.2, 0) is 0 Å². The Bertz CT molecular complexity index is 873. The van der Waals surface area contributed by atoms with E-state index in [0.717, 1.165) is 28.4 Å². The molecule has 4 heteroatoms. The van der Waals surface area contributed by atoms with E-state index in [4.69, 9.17) is 15.2 Å². The minimum Gasteiger partial charge on any atom is -0.497 e. The number of benzene rings is 3. The highest BCUT2D eigenvalue weighted by Gasteiger charge is 2.22. The van der Waals surface area contributed by atoms with Gasteiger partial charge in [0.05, 0.1) is 24.2 Å². The van der Waals surface area contributed by atoms with Crippen LogP contribution < -0.4 is 15.2 Å². The van der Waals surface area contributed by atoms with E-state index in [0.29, 0.717) is 5.84 Å². The van der Waals surface area contributed by atoms with Gasteiger partial charge in [-0.2, -0.15) is 0 Å². The fourth-order valence-electron chi connectivity index (χ4n) is 2.65. The van der Waals surface area contributed by atoms with Crippen molar-refractivity contribution in [3.05, 3.63) is 84.4 Å². The second-order valence-electron chi connectivity index (χ2n) is 5.40. The molecular formula is C20H16N3O. The predicted octanol–water partition coefficient (Wildman–Crippen LogP) is 4.44. The molecule has 0 saturated heterocycles. The Morgan fingerprint density at radius 1 is 0.792 bits per heavy atom. The first-order chi connectivity index (χ1) is 11.8. The SMILES string of the molecule is COc1ccc(C2=Nc3ccccc3N(c3ccccc3)[N]2)cc1. The Morgan fingerprint density at radius 2 is 1.50 bits per heavy atom. The molecule has 1 aliphatic rings. The number of hydrogen-bond acceptors (Lipinski definition) is 3. The molecule has 0 aromatic heterocycles. The average Bonchev–Trinajstić information content (AvgIpc) is 2.68. The molecule has 0 saturated carbocycles. The smallest absolute Gasteiger partial charge is 0.180 e. The number of anilines is 2. The van der Waals surface area contributed by atoms with Crippen molar-refractivity contribution in [2.24, 2.45) is 4.99 Å². The van der Waals surface area contributed by atoms with Crippen molar-refractivity contribution in [2.45, 2.75) is 0 Å². The van der Waals surface area contributed by atoms with Crippen molar-refractivity contribution in [2.75, 3.05) is 12.1 Å². The maximum absolute atomic E-state index is 5.22. The second-order valence-corrected chi connectivity index (χ2v) is 5.40. The van der Waals surface area contributed by atoms with Gasteiger partial charge in [0.1, 0.15) is 5.75 Å². The summed E-state index contributed by atoms with van der Waals surface area (Å²) in [5.41, 5.74) is 8.60. The summed E-state index contributed by atoms with van der Waals surface area (Å²) >= 11 is 0. The number of rotatable bonds is 3. The zero-order chi connectivity index (χ0) is 16.4. The van der Waals surface area contributed by atoms with Gasteiger partial charge in [0.2, 0.25) is 0 Å². The van der Waals surface area contributed by atoms with E-state index < -0.39 is 0 Å². The summed E-state index contributed by atoms with van der Waals surface area (Å²) in [7, 11) is 1.66. The molecular weight excluding hydrogens is 298 g/mol. The molecule has 24 heavy (non-hydrogen) atoms. The summed E-state index contributed by atoms with van der Waals surface area (Å²) in [6.45, 7) is 0. The number of methoxy groups -OCH3 is 1. The fourth-order valence-corrected chi connectivity index (χ4v) is 2.65. The number of hydrogen-bond donors (Lipinski definition) is 0. The lowest BCUT2D eigenvalue weighted by atomic mass is 10.1. The number of aliphatic imine (C=N–C) groups is 1. The predicted molar refractivity (Wildman–Crippen MR) is 96.3 cm³/mol. The van der Waals surface area contributed by atoms with Gasteiger partial charge in [-0.1, -0.05) is 30.3 Å². The molecule has 0 amide bonds. The molecule has 0 unspecified atom stereocenters. The highest BCUT2D eigenvalue weighted by Crippen LogP contribution is 2.36. The van der Waals surface area contributed by atoms with E-state index in [1.807, 2.05) is 83.9 Å². The quantitative estimate of drug-likeness (QED) is 0.716. The first kappa shape index (κ1) is 14.3. The molecule has 1 heterocycles. The van der Waals surface area contributed by atoms with Crippen LogP contribution in [0.2, 0.25) is 0 Å². The first-order valence-electron chi connectivity index (χ1n) is 7.74. The molecule has 3 aromatic carbocycles. The Kier molecular flexibility index (Phi) is 3.63. The third-order valence-corrected chi connectivity index (χ3v) is 3.88. The number of para-hydroxylation sites is 3. The van der Waals surface area contributed by atoms with Crippen molar-refractivity contribution in [1.29, 1.82) is 0 Å². The minimum absolute atomic E-state index is 0.681. The van der Waals surface area contributed by atoms with E-state index >= 15 is 0 Å². The lowest BCUT2D eigenvalue weighted by Gasteiger charge is -2.29. The van der Waals surface area contributed by atoms with E-state index in [2.05, 4.69) is 0 Å². The molecule has 1 radical (unpaired) electrons. The van der Waals surface area contributed by atoms with Crippen LogP contribution in [0.1, 0.15) is 5.56 Å². The van der Waals surface area contributed by atoms with Crippen molar-refractivity contribution in [3.8, 4) is 5.75 Å². The summed E-state index contributed by atoms with van der Waals surface area (Å²) in [5, 5.41) is 1.93. The van der Waals surface area contributed by atoms with Crippen LogP contribution in [0.5, 0.6) is 5.75 Å². The van der Waals surface area contributed by atoms with Crippen molar-refractivity contribution in [3.63, 3.8) is 0 Å². The van der Waals surface area contributed by atoms with Gasteiger partial charge < -0.3 is 4.74 Å². The monoisotopic (exact) mass is 314 g/mol. The lowest BCUT2D eigenvalue weighted by Crippen LogP contribution is -2.35. The van der Waals surface area contributed by atoms with E-state index in [-0.39, 0.29) is 0 Å². The van der Waals surface area contributed by atoms with Gasteiger partial charge in [0, 0.05) is 5.56 Å². The molecule has 0 atom stereocenters. The van der Waals surface area contributed by atoms with Gasteiger partial charge >= 0.3 is 0 Å². The number of amidine groups is 1. The highest BCUT2D eigenvalue weighted by atomic mass is 16.5. The molecule has 3 aromatic rings. The van der Waals surface area contributed by atoms with Gasteiger partial charge in [-0.15, -0.1) is 5.43 Å². The average molecular weight is 314 g/mol. The lowest BCUT2D eigenvalue weighted by molar-refractivity contribution is 0.415. The fraction of sp³-hybridized carbons (Fsp3) is 0.0500. The van der Waals surface area contributed by atoms with Crippen molar-refractivity contribution >= 4 is 22.9 Å². The number of ether oxygens (including phenoxy) is 1. The van der Waals surface area contributed by atoms with Crippen LogP contribution in [0.15, 0.2) is 83.9 Å². The van der Waals surface area contributed by atoms with Gasteiger partial charge in [0.15, 0.2) is 5.84 Å². The Balaban J connectivity index is 1.78. The van der Waals surface area contributed by atoms with E-state index in [1.165, 1.54) is 0 Å². The van der Waals surface area contributed by atoms with Gasteiger partial charge in [0.25, 0.3) is 0 Å². The largest absolute Gasteiger partial charge is 0.497 e. The molecule has 0 aliphatic carbocycles. The summed E-state index contributed by atoms with van der Waals surface area (Å²) in [6.07, 6.45) is 0. The number of nitrogens with zero attached hydrogens (tertiary/aromatic N) is 3. The summed E-state index contributed by atoms with van der Waals surface area (Å²) in [4.78, 5) is 4.71. The van der Waals surface area contributed by atoms with Crippen molar-refractivity contribution in [1.82, 2.24) is 5.43 Å². The van der Waals surface area contributed by atoms with Crippen LogP contribution in [0.4, 0.5) is 17.1 Å². The topological polar surface area (TPSA) is 38.9 Å². The third kappa shape index (κ3) is 2.58. The van der Waals surface area contributed by atoms with Gasteiger partial charge in [-0.25, -0.2) is 10.0 Å². The van der Waals surface area contributed by atoms with Gasteiger partial charge in [-0.05, 0) is 48.5 Å². The zero-order valence-corrected chi connectivity index (χ0v) is 13.3. The summed E-state index contributed by atoms with van der Waals surface area (Å²) in [6, 6.07) is 25.9. The van der Waals surface area contributed by atoms with Crippen molar-refractivity contribution < 1.29 is 4.74 Å². The summed E-state index contributed by atoms with van der Waals surface area (Å²) < 4.78 is 5.22. The zero-order valence-electron chi connectivity index (χ0n) is 13.3. The maximum Gasteiger partial charge on any atom is 0.180 e. The number of fused-ring (bicyclic) bond motifs is 1. The third-order valence-electron chi connectivity index (χ3n) is 3.88. The van der Waals surface area contributed by atoms with E-state index in [1.54, 1.807) is 7.11 Å². The Labute approximate surface area is 141 Å². The molecule has 1 aliphatic heterocycles. The van der Waals surface area contributed by atoms with E-state index in [9.17, 15) is 0 Å². The molecule has 0 spiro atoms. The van der Waals surface area contributed by atoms with Crippen LogP contribution >= 0.6 is 0 Å². The molecule has 117 valence electrons. The molecule has 0 fully saturated rings. The van der Waals surface area contributed by atoms with Crippen LogP contribution in [0.3, 0.4) is 0 Å². The standard InChI is InChI=1S/C20H16N3O/c1-24-17-13-11-15(12-14-17)20-21-18-9-5-6-10-19(18)23(22-20)16-7-3-2-4-8-16/h2-14H,1H3. The molecule has 0 bridgehead atoms. The second kappa shape index (κ2) is 6.08.